The molecule has 1 N–H and O–H groups in total. The zero-order valence-electron chi connectivity index (χ0n) is 16.1. The summed E-state index contributed by atoms with van der Waals surface area (Å²) in [6.07, 6.45) is 0.213. The van der Waals surface area contributed by atoms with Crippen molar-refractivity contribution in [3.8, 4) is 11.1 Å². The van der Waals surface area contributed by atoms with Crippen molar-refractivity contribution in [1.29, 1.82) is 0 Å². The zero-order valence-corrected chi connectivity index (χ0v) is 16.1. The molecule has 0 bridgehead atoms. The van der Waals surface area contributed by atoms with E-state index in [1.165, 1.54) is 4.90 Å². The number of benzene rings is 2. The van der Waals surface area contributed by atoms with Crippen LogP contribution in [-0.2, 0) is 9.59 Å². The maximum Gasteiger partial charge on any atom is 0.239 e. The number of ketones is 1. The average molecular weight is 366 g/mol. The summed E-state index contributed by atoms with van der Waals surface area (Å²) in [4.78, 5) is 37.5. The second-order valence-corrected chi connectivity index (χ2v) is 6.84. The highest BCUT2D eigenvalue weighted by atomic mass is 16.2. The first-order chi connectivity index (χ1) is 12.9. The van der Waals surface area contributed by atoms with Crippen molar-refractivity contribution in [3.05, 3.63) is 60.2 Å². The van der Waals surface area contributed by atoms with Crippen molar-refractivity contribution in [1.82, 2.24) is 10.2 Å². The molecular formula is C22H26N2O3. The fourth-order valence-corrected chi connectivity index (χ4v) is 2.71. The van der Waals surface area contributed by atoms with Crippen LogP contribution in [0.15, 0.2) is 54.6 Å². The highest BCUT2D eigenvalue weighted by Crippen LogP contribution is 2.20. The lowest BCUT2D eigenvalue weighted by atomic mass is 10.0. The standard InChI is InChI=1S/C22H26N2O3/c1-16(2)23-21(26)15-24(3)22(27)14-13-20(25)19-11-9-18(10-12-19)17-7-5-4-6-8-17/h4-12,16H,13-15H2,1-3H3,(H,23,26). The molecule has 0 spiro atoms. The predicted molar refractivity (Wildman–Crippen MR) is 106 cm³/mol. The van der Waals surface area contributed by atoms with E-state index in [4.69, 9.17) is 0 Å². The molecule has 0 atom stereocenters. The van der Waals surface area contributed by atoms with Crippen molar-refractivity contribution in [2.45, 2.75) is 32.7 Å². The third kappa shape index (κ3) is 6.37. The van der Waals surface area contributed by atoms with E-state index in [2.05, 4.69) is 5.32 Å². The molecule has 142 valence electrons. The number of likely N-dealkylation sites (N-methyl/N-ethyl adjacent to an activating group) is 1. The van der Waals surface area contributed by atoms with Gasteiger partial charge in [-0.25, -0.2) is 0 Å². The van der Waals surface area contributed by atoms with E-state index in [9.17, 15) is 14.4 Å². The van der Waals surface area contributed by atoms with Crippen molar-refractivity contribution in [2.75, 3.05) is 13.6 Å². The quantitative estimate of drug-likeness (QED) is 0.729. The Morgan fingerprint density at radius 2 is 1.48 bits per heavy atom. The Kier molecular flexibility index (Phi) is 7.29. The number of hydrogen-bond donors (Lipinski definition) is 1. The van der Waals surface area contributed by atoms with Gasteiger partial charge in [-0.3, -0.25) is 14.4 Å². The van der Waals surface area contributed by atoms with Gasteiger partial charge in [0.15, 0.2) is 5.78 Å². The van der Waals surface area contributed by atoms with Crippen LogP contribution in [0.2, 0.25) is 0 Å². The summed E-state index contributed by atoms with van der Waals surface area (Å²) in [5, 5.41) is 2.74. The second kappa shape index (κ2) is 9.67. The molecule has 0 aliphatic carbocycles. The van der Waals surface area contributed by atoms with Crippen LogP contribution in [0.4, 0.5) is 0 Å². The van der Waals surface area contributed by atoms with E-state index < -0.39 is 0 Å². The number of amides is 2. The molecule has 2 aromatic carbocycles. The lowest BCUT2D eigenvalue weighted by molar-refractivity contribution is -0.134. The third-order valence-corrected chi connectivity index (χ3v) is 4.14. The minimum atomic E-state index is -0.219. The molecule has 2 rings (SSSR count). The van der Waals surface area contributed by atoms with Gasteiger partial charge < -0.3 is 10.2 Å². The van der Waals surface area contributed by atoms with Gasteiger partial charge in [0.1, 0.15) is 0 Å². The van der Waals surface area contributed by atoms with Gasteiger partial charge in [-0.2, -0.15) is 0 Å². The zero-order chi connectivity index (χ0) is 19.8. The van der Waals surface area contributed by atoms with Crippen LogP contribution in [0.5, 0.6) is 0 Å². The Hall–Kier alpha value is -2.95. The van der Waals surface area contributed by atoms with Gasteiger partial charge in [-0.1, -0.05) is 54.6 Å². The first kappa shape index (κ1) is 20.4. The van der Waals surface area contributed by atoms with E-state index >= 15 is 0 Å². The molecule has 27 heavy (non-hydrogen) atoms. The molecule has 5 nitrogen and oxygen atoms in total. The molecule has 0 heterocycles. The SMILES string of the molecule is CC(C)NC(=O)CN(C)C(=O)CCC(=O)c1ccc(-c2ccccc2)cc1. The van der Waals surface area contributed by atoms with Crippen LogP contribution in [-0.4, -0.2) is 42.1 Å². The topological polar surface area (TPSA) is 66.5 Å². The Morgan fingerprint density at radius 1 is 0.889 bits per heavy atom. The third-order valence-electron chi connectivity index (χ3n) is 4.14. The minimum Gasteiger partial charge on any atom is -0.352 e. The molecule has 5 heteroatoms. The molecule has 0 fully saturated rings. The molecule has 2 amide bonds. The van der Waals surface area contributed by atoms with Gasteiger partial charge in [0.2, 0.25) is 11.8 Å². The number of carbonyl (C=O) groups is 3. The molecule has 0 radical (unpaired) electrons. The maximum absolute atomic E-state index is 12.3. The van der Waals surface area contributed by atoms with Gasteiger partial charge in [0.25, 0.3) is 0 Å². The summed E-state index contributed by atoms with van der Waals surface area (Å²) in [6.45, 7) is 3.72. The van der Waals surface area contributed by atoms with E-state index in [-0.39, 0.29) is 43.0 Å². The van der Waals surface area contributed by atoms with Crippen molar-refractivity contribution in [2.24, 2.45) is 0 Å². The number of nitrogens with one attached hydrogen (secondary N) is 1. The minimum absolute atomic E-state index is 0.00300. The molecule has 0 aromatic heterocycles. The molecular weight excluding hydrogens is 340 g/mol. The van der Waals surface area contributed by atoms with Gasteiger partial charge in [0, 0.05) is 31.5 Å². The average Bonchev–Trinajstić information content (AvgIpc) is 2.65. The number of hydrogen-bond acceptors (Lipinski definition) is 3. The molecule has 2 aromatic rings. The van der Waals surface area contributed by atoms with E-state index in [1.54, 1.807) is 19.2 Å². The number of carbonyl (C=O) groups excluding carboxylic acids is 3. The first-order valence-electron chi connectivity index (χ1n) is 9.09. The summed E-state index contributed by atoms with van der Waals surface area (Å²) in [5.74, 6) is -0.505. The van der Waals surface area contributed by atoms with Gasteiger partial charge >= 0.3 is 0 Å². The second-order valence-electron chi connectivity index (χ2n) is 6.84. The summed E-state index contributed by atoms with van der Waals surface area (Å²) in [6, 6.07) is 17.4. The number of nitrogens with zero attached hydrogens (tertiary/aromatic N) is 1. The fourth-order valence-electron chi connectivity index (χ4n) is 2.71. The highest BCUT2D eigenvalue weighted by Gasteiger charge is 2.15. The summed E-state index contributed by atoms with van der Waals surface area (Å²) >= 11 is 0. The Labute approximate surface area is 160 Å². The summed E-state index contributed by atoms with van der Waals surface area (Å²) in [5.41, 5.74) is 2.72. The Morgan fingerprint density at radius 3 is 2.07 bits per heavy atom. The highest BCUT2D eigenvalue weighted by molar-refractivity contribution is 5.98. The molecule has 0 saturated carbocycles. The van der Waals surface area contributed by atoms with Gasteiger partial charge in [0.05, 0.1) is 6.54 Å². The van der Waals surface area contributed by atoms with Gasteiger partial charge in [-0.15, -0.1) is 0 Å². The van der Waals surface area contributed by atoms with Crippen LogP contribution in [0, 0.1) is 0 Å². The smallest absolute Gasteiger partial charge is 0.239 e. The van der Waals surface area contributed by atoms with Crippen molar-refractivity contribution >= 4 is 17.6 Å². The Balaban J connectivity index is 1.86. The number of rotatable bonds is 8. The Bertz CT molecular complexity index is 783. The molecule has 0 aliphatic heterocycles. The van der Waals surface area contributed by atoms with Crippen LogP contribution >= 0.6 is 0 Å². The van der Waals surface area contributed by atoms with Crippen LogP contribution < -0.4 is 5.32 Å². The van der Waals surface area contributed by atoms with Crippen molar-refractivity contribution < 1.29 is 14.4 Å². The molecule has 0 saturated heterocycles. The normalized spacial score (nSPS) is 10.5. The molecule has 0 aliphatic rings. The number of Topliss-reactive ketones (excluding diaryl/α,β-unsaturated/α-hetero) is 1. The monoisotopic (exact) mass is 366 g/mol. The van der Waals surface area contributed by atoms with E-state index in [1.807, 2.05) is 56.3 Å². The summed E-state index contributed by atoms with van der Waals surface area (Å²) < 4.78 is 0. The lowest BCUT2D eigenvalue weighted by Crippen LogP contribution is -2.40. The fraction of sp³-hybridized carbons (Fsp3) is 0.318. The van der Waals surface area contributed by atoms with Crippen LogP contribution in [0.25, 0.3) is 11.1 Å². The van der Waals surface area contributed by atoms with Gasteiger partial charge in [-0.05, 0) is 25.0 Å². The van der Waals surface area contributed by atoms with Crippen LogP contribution in [0.3, 0.4) is 0 Å². The predicted octanol–water partition coefficient (Wildman–Crippen LogP) is 3.30. The molecule has 0 unspecified atom stereocenters. The maximum atomic E-state index is 12.3. The largest absolute Gasteiger partial charge is 0.352 e. The lowest BCUT2D eigenvalue weighted by Gasteiger charge is -2.17. The first-order valence-corrected chi connectivity index (χ1v) is 9.09. The van der Waals surface area contributed by atoms with Crippen molar-refractivity contribution in [3.63, 3.8) is 0 Å². The van der Waals surface area contributed by atoms with Crippen LogP contribution in [0.1, 0.15) is 37.0 Å². The summed E-state index contributed by atoms with van der Waals surface area (Å²) in [7, 11) is 1.57. The van der Waals surface area contributed by atoms with E-state index in [0.717, 1.165) is 11.1 Å². The van der Waals surface area contributed by atoms with E-state index in [0.29, 0.717) is 5.56 Å².